The number of aryl methyl sites for hydroxylation is 1. The van der Waals surface area contributed by atoms with Gasteiger partial charge in [-0.05, 0) is 12.5 Å². The molecule has 0 bridgehead atoms. The second-order valence-electron chi connectivity index (χ2n) is 5.04. The van der Waals surface area contributed by atoms with Crippen LogP contribution in [0.5, 0.6) is 0 Å². The van der Waals surface area contributed by atoms with Gasteiger partial charge in [0, 0.05) is 31.7 Å². The highest BCUT2D eigenvalue weighted by atomic mass is 16.3. The molecule has 0 saturated carbocycles. The SMILES string of the molecule is Cc1ccc(CN2CC(CO)NCC2CO)cc1. The van der Waals surface area contributed by atoms with Crippen molar-refractivity contribution >= 4 is 0 Å². The minimum atomic E-state index is 0.109. The molecule has 2 rings (SSSR count). The van der Waals surface area contributed by atoms with Crippen LogP contribution in [0.15, 0.2) is 24.3 Å². The van der Waals surface area contributed by atoms with Crippen LogP contribution in [-0.4, -0.2) is 53.5 Å². The molecule has 1 aliphatic rings. The van der Waals surface area contributed by atoms with Crippen molar-refractivity contribution in [3.05, 3.63) is 35.4 Å². The molecular weight excluding hydrogens is 228 g/mol. The topological polar surface area (TPSA) is 55.7 Å². The molecule has 1 aromatic rings. The molecule has 2 atom stereocenters. The Morgan fingerprint density at radius 2 is 1.94 bits per heavy atom. The Kier molecular flexibility index (Phi) is 4.72. The number of nitrogens with zero attached hydrogens (tertiary/aromatic N) is 1. The van der Waals surface area contributed by atoms with Crippen molar-refractivity contribution in [3.63, 3.8) is 0 Å². The van der Waals surface area contributed by atoms with Gasteiger partial charge in [-0.15, -0.1) is 0 Å². The Labute approximate surface area is 108 Å². The first-order valence-corrected chi connectivity index (χ1v) is 6.47. The summed E-state index contributed by atoms with van der Waals surface area (Å²) >= 11 is 0. The number of nitrogens with one attached hydrogen (secondary N) is 1. The van der Waals surface area contributed by atoms with Crippen molar-refractivity contribution in [2.75, 3.05) is 26.3 Å². The summed E-state index contributed by atoms with van der Waals surface area (Å²) < 4.78 is 0. The van der Waals surface area contributed by atoms with Crippen molar-refractivity contribution in [2.24, 2.45) is 0 Å². The van der Waals surface area contributed by atoms with E-state index < -0.39 is 0 Å². The van der Waals surface area contributed by atoms with Crippen molar-refractivity contribution in [2.45, 2.75) is 25.6 Å². The summed E-state index contributed by atoms with van der Waals surface area (Å²) in [4.78, 5) is 2.24. The molecule has 1 aliphatic heterocycles. The van der Waals surface area contributed by atoms with Gasteiger partial charge in [-0.25, -0.2) is 0 Å². The normalized spacial score (nSPS) is 25.3. The standard InChI is InChI=1S/C14H22N2O2/c1-11-2-4-12(5-3-11)7-16-8-13(9-17)15-6-14(16)10-18/h2-5,13-15,17-18H,6-10H2,1H3. The zero-order valence-corrected chi connectivity index (χ0v) is 10.8. The number of piperazine rings is 1. The van der Waals surface area contributed by atoms with Gasteiger partial charge in [-0.3, -0.25) is 4.90 Å². The van der Waals surface area contributed by atoms with Crippen LogP contribution in [0, 0.1) is 6.92 Å². The Morgan fingerprint density at radius 1 is 1.22 bits per heavy atom. The van der Waals surface area contributed by atoms with Gasteiger partial charge in [0.05, 0.1) is 13.2 Å². The van der Waals surface area contributed by atoms with Gasteiger partial charge in [-0.1, -0.05) is 29.8 Å². The van der Waals surface area contributed by atoms with E-state index in [0.717, 1.165) is 19.6 Å². The molecule has 3 N–H and O–H groups in total. The first-order chi connectivity index (χ1) is 8.72. The fourth-order valence-corrected chi connectivity index (χ4v) is 2.35. The van der Waals surface area contributed by atoms with Crippen LogP contribution >= 0.6 is 0 Å². The van der Waals surface area contributed by atoms with Gasteiger partial charge < -0.3 is 15.5 Å². The molecule has 1 heterocycles. The number of aliphatic hydroxyl groups is 2. The zero-order chi connectivity index (χ0) is 13.0. The van der Waals surface area contributed by atoms with Crippen LogP contribution in [0.2, 0.25) is 0 Å². The quantitative estimate of drug-likeness (QED) is 0.710. The second-order valence-corrected chi connectivity index (χ2v) is 5.04. The summed E-state index contributed by atoms with van der Waals surface area (Å²) in [6.07, 6.45) is 0. The lowest BCUT2D eigenvalue weighted by molar-refractivity contribution is 0.0590. The number of hydrogen-bond donors (Lipinski definition) is 3. The van der Waals surface area contributed by atoms with E-state index >= 15 is 0 Å². The Morgan fingerprint density at radius 3 is 2.56 bits per heavy atom. The highest BCUT2D eigenvalue weighted by molar-refractivity contribution is 5.21. The van der Waals surface area contributed by atoms with E-state index in [1.807, 2.05) is 0 Å². The third-order valence-corrected chi connectivity index (χ3v) is 3.55. The van der Waals surface area contributed by atoms with E-state index in [2.05, 4.69) is 41.4 Å². The zero-order valence-electron chi connectivity index (χ0n) is 10.8. The molecule has 0 spiro atoms. The molecule has 1 saturated heterocycles. The van der Waals surface area contributed by atoms with E-state index in [-0.39, 0.29) is 25.3 Å². The largest absolute Gasteiger partial charge is 0.395 e. The smallest absolute Gasteiger partial charge is 0.0599 e. The predicted octanol–water partition coefficient (Wildman–Crippen LogP) is 0.122. The number of rotatable bonds is 4. The second kappa shape index (κ2) is 6.29. The molecule has 100 valence electrons. The summed E-state index contributed by atoms with van der Waals surface area (Å²) in [7, 11) is 0. The molecular formula is C14H22N2O2. The summed E-state index contributed by atoms with van der Waals surface area (Å²) in [5.41, 5.74) is 2.50. The lowest BCUT2D eigenvalue weighted by Gasteiger charge is -2.39. The van der Waals surface area contributed by atoms with Crippen molar-refractivity contribution in [3.8, 4) is 0 Å². The van der Waals surface area contributed by atoms with Gasteiger partial charge in [-0.2, -0.15) is 0 Å². The van der Waals surface area contributed by atoms with E-state index in [9.17, 15) is 10.2 Å². The summed E-state index contributed by atoms with van der Waals surface area (Å²) in [6, 6.07) is 8.70. The van der Waals surface area contributed by atoms with Crippen LogP contribution in [0.4, 0.5) is 0 Å². The van der Waals surface area contributed by atoms with Crippen molar-refractivity contribution < 1.29 is 10.2 Å². The van der Waals surface area contributed by atoms with Gasteiger partial charge >= 0.3 is 0 Å². The van der Waals surface area contributed by atoms with Gasteiger partial charge in [0.25, 0.3) is 0 Å². The van der Waals surface area contributed by atoms with Crippen LogP contribution < -0.4 is 5.32 Å². The minimum Gasteiger partial charge on any atom is -0.395 e. The predicted molar refractivity (Wildman–Crippen MR) is 71.3 cm³/mol. The Bertz CT molecular complexity index is 367. The molecule has 4 nitrogen and oxygen atoms in total. The van der Waals surface area contributed by atoms with E-state index in [1.54, 1.807) is 0 Å². The fourth-order valence-electron chi connectivity index (χ4n) is 2.35. The maximum Gasteiger partial charge on any atom is 0.0599 e. The molecule has 1 fully saturated rings. The monoisotopic (exact) mass is 250 g/mol. The fraction of sp³-hybridized carbons (Fsp3) is 0.571. The van der Waals surface area contributed by atoms with E-state index in [4.69, 9.17) is 0 Å². The Hall–Kier alpha value is -0.940. The van der Waals surface area contributed by atoms with Gasteiger partial charge in [0.15, 0.2) is 0 Å². The molecule has 0 aromatic heterocycles. The van der Waals surface area contributed by atoms with E-state index in [0.29, 0.717) is 0 Å². The average Bonchev–Trinajstić information content (AvgIpc) is 2.41. The molecule has 0 aliphatic carbocycles. The maximum atomic E-state index is 9.40. The number of aliphatic hydroxyl groups excluding tert-OH is 2. The van der Waals surface area contributed by atoms with E-state index in [1.165, 1.54) is 11.1 Å². The molecule has 4 heteroatoms. The third-order valence-electron chi connectivity index (χ3n) is 3.55. The lowest BCUT2D eigenvalue weighted by Crippen LogP contribution is -2.58. The minimum absolute atomic E-state index is 0.109. The maximum absolute atomic E-state index is 9.40. The third kappa shape index (κ3) is 3.29. The Balaban J connectivity index is 2.02. The highest BCUT2D eigenvalue weighted by Gasteiger charge is 2.26. The van der Waals surface area contributed by atoms with Crippen LogP contribution in [-0.2, 0) is 6.54 Å². The van der Waals surface area contributed by atoms with Crippen molar-refractivity contribution in [1.82, 2.24) is 10.2 Å². The summed E-state index contributed by atoms with van der Waals surface area (Å²) in [5.74, 6) is 0. The van der Waals surface area contributed by atoms with Gasteiger partial charge in [0.2, 0.25) is 0 Å². The first-order valence-electron chi connectivity index (χ1n) is 6.47. The summed E-state index contributed by atoms with van der Waals surface area (Å²) in [5, 5.41) is 21.9. The van der Waals surface area contributed by atoms with Crippen LogP contribution in [0.1, 0.15) is 11.1 Å². The molecule has 1 aromatic carbocycles. The average molecular weight is 250 g/mol. The van der Waals surface area contributed by atoms with Crippen LogP contribution in [0.25, 0.3) is 0 Å². The highest BCUT2D eigenvalue weighted by Crippen LogP contribution is 2.13. The number of benzene rings is 1. The van der Waals surface area contributed by atoms with Crippen LogP contribution in [0.3, 0.4) is 0 Å². The number of hydrogen-bond acceptors (Lipinski definition) is 4. The van der Waals surface area contributed by atoms with Gasteiger partial charge in [0.1, 0.15) is 0 Å². The first kappa shape index (κ1) is 13.5. The molecule has 18 heavy (non-hydrogen) atoms. The molecule has 2 unspecified atom stereocenters. The molecule has 0 radical (unpaired) electrons. The lowest BCUT2D eigenvalue weighted by atomic mass is 10.1. The molecule has 0 amide bonds. The van der Waals surface area contributed by atoms with Crippen molar-refractivity contribution in [1.29, 1.82) is 0 Å². The summed E-state index contributed by atoms with van der Waals surface area (Å²) in [6.45, 7) is 4.69.